The highest BCUT2D eigenvalue weighted by atomic mass is 32.2. The van der Waals surface area contributed by atoms with Crippen LogP contribution in [0.1, 0.15) is 32.1 Å². The largest absolute Gasteiger partial charge is 0.495 e. The standard InChI is InChI=1S/C14H22N2O3S/c1-19-14-8-7-12(15)9-13(14)16-20(17,18)10-11-5-3-2-4-6-11/h7-9,11,16H,2-6,10,15H2,1H3. The third-order valence-electron chi connectivity index (χ3n) is 3.67. The molecule has 1 aromatic rings. The van der Waals surface area contributed by atoms with E-state index < -0.39 is 10.0 Å². The lowest BCUT2D eigenvalue weighted by Gasteiger charge is -2.22. The number of ether oxygens (including phenoxy) is 1. The molecule has 1 fully saturated rings. The van der Waals surface area contributed by atoms with Gasteiger partial charge < -0.3 is 10.5 Å². The predicted molar refractivity (Wildman–Crippen MR) is 81.4 cm³/mol. The lowest BCUT2D eigenvalue weighted by atomic mass is 9.91. The highest BCUT2D eigenvalue weighted by Gasteiger charge is 2.22. The number of nitrogens with one attached hydrogen (secondary N) is 1. The summed E-state index contributed by atoms with van der Waals surface area (Å²) in [5.41, 5.74) is 6.60. The molecule has 1 saturated carbocycles. The molecule has 0 atom stereocenters. The number of nitrogen functional groups attached to an aromatic ring is 1. The van der Waals surface area contributed by atoms with Crippen LogP contribution in [0.5, 0.6) is 5.75 Å². The van der Waals surface area contributed by atoms with Gasteiger partial charge in [-0.05, 0) is 37.0 Å². The smallest absolute Gasteiger partial charge is 0.233 e. The van der Waals surface area contributed by atoms with Gasteiger partial charge in [0.05, 0.1) is 18.6 Å². The Morgan fingerprint density at radius 3 is 2.65 bits per heavy atom. The van der Waals surface area contributed by atoms with E-state index in [0.717, 1.165) is 25.7 Å². The van der Waals surface area contributed by atoms with Crippen molar-refractivity contribution in [1.82, 2.24) is 0 Å². The first-order valence-electron chi connectivity index (χ1n) is 6.94. The Morgan fingerprint density at radius 1 is 1.30 bits per heavy atom. The summed E-state index contributed by atoms with van der Waals surface area (Å²) in [5.74, 6) is 0.907. The van der Waals surface area contributed by atoms with Crippen LogP contribution in [0.4, 0.5) is 11.4 Å². The number of hydrogen-bond acceptors (Lipinski definition) is 4. The highest BCUT2D eigenvalue weighted by molar-refractivity contribution is 7.92. The van der Waals surface area contributed by atoms with E-state index in [1.807, 2.05) is 0 Å². The molecule has 20 heavy (non-hydrogen) atoms. The van der Waals surface area contributed by atoms with Gasteiger partial charge in [0.25, 0.3) is 0 Å². The van der Waals surface area contributed by atoms with Crippen molar-refractivity contribution in [1.29, 1.82) is 0 Å². The van der Waals surface area contributed by atoms with E-state index in [-0.39, 0.29) is 11.7 Å². The first-order chi connectivity index (χ1) is 9.50. The van der Waals surface area contributed by atoms with Crippen molar-refractivity contribution in [2.75, 3.05) is 23.3 Å². The number of methoxy groups -OCH3 is 1. The Bertz CT molecular complexity index is 552. The Hall–Kier alpha value is -1.43. The molecule has 6 heteroatoms. The molecule has 0 saturated heterocycles. The first-order valence-corrected chi connectivity index (χ1v) is 8.59. The van der Waals surface area contributed by atoms with E-state index in [1.165, 1.54) is 13.5 Å². The topological polar surface area (TPSA) is 81.4 Å². The summed E-state index contributed by atoms with van der Waals surface area (Å²) in [6.45, 7) is 0. The van der Waals surface area contributed by atoms with Gasteiger partial charge in [-0.1, -0.05) is 19.3 Å². The molecular weight excluding hydrogens is 276 g/mol. The minimum atomic E-state index is -3.37. The molecule has 0 radical (unpaired) electrons. The molecule has 3 N–H and O–H groups in total. The maximum atomic E-state index is 12.2. The van der Waals surface area contributed by atoms with Crippen LogP contribution in [-0.4, -0.2) is 21.3 Å². The summed E-state index contributed by atoms with van der Waals surface area (Å²) >= 11 is 0. The zero-order valence-corrected chi connectivity index (χ0v) is 12.6. The minimum Gasteiger partial charge on any atom is -0.495 e. The van der Waals surface area contributed by atoms with Crippen LogP contribution in [0.2, 0.25) is 0 Å². The quantitative estimate of drug-likeness (QED) is 0.819. The molecule has 0 aliphatic heterocycles. The van der Waals surface area contributed by atoms with Gasteiger partial charge in [0, 0.05) is 5.69 Å². The number of nitrogens with two attached hydrogens (primary N) is 1. The van der Waals surface area contributed by atoms with Crippen molar-refractivity contribution in [3.8, 4) is 5.75 Å². The Kier molecular flexibility index (Phi) is 4.75. The molecule has 5 nitrogen and oxygen atoms in total. The summed E-state index contributed by atoms with van der Waals surface area (Å²) in [6.07, 6.45) is 5.46. The van der Waals surface area contributed by atoms with Crippen molar-refractivity contribution >= 4 is 21.4 Å². The van der Waals surface area contributed by atoms with Gasteiger partial charge in [-0.15, -0.1) is 0 Å². The van der Waals surface area contributed by atoms with Crippen LogP contribution in [0, 0.1) is 5.92 Å². The molecule has 2 rings (SSSR count). The number of benzene rings is 1. The molecule has 0 amide bonds. The summed E-state index contributed by atoms with van der Waals surface area (Å²) < 4.78 is 32.2. The normalized spacial score (nSPS) is 16.9. The van der Waals surface area contributed by atoms with Crippen LogP contribution in [0.15, 0.2) is 18.2 Å². The van der Waals surface area contributed by atoms with E-state index in [0.29, 0.717) is 17.1 Å². The van der Waals surface area contributed by atoms with E-state index in [4.69, 9.17) is 10.5 Å². The second kappa shape index (κ2) is 6.35. The van der Waals surface area contributed by atoms with Crippen LogP contribution >= 0.6 is 0 Å². The van der Waals surface area contributed by atoms with Crippen molar-refractivity contribution < 1.29 is 13.2 Å². The fraction of sp³-hybridized carbons (Fsp3) is 0.571. The number of anilines is 2. The Balaban J connectivity index is 2.09. The first kappa shape index (κ1) is 15.0. The third-order valence-corrected chi connectivity index (χ3v) is 5.11. The molecule has 0 aromatic heterocycles. The highest BCUT2D eigenvalue weighted by Crippen LogP contribution is 2.29. The average Bonchev–Trinajstić information content (AvgIpc) is 2.39. The second-order valence-corrected chi connectivity index (χ2v) is 7.11. The molecule has 0 spiro atoms. The zero-order chi connectivity index (χ0) is 14.6. The summed E-state index contributed by atoms with van der Waals surface area (Å²) in [4.78, 5) is 0. The average molecular weight is 298 g/mol. The molecule has 0 heterocycles. The second-order valence-electron chi connectivity index (χ2n) is 5.35. The maximum Gasteiger partial charge on any atom is 0.233 e. The monoisotopic (exact) mass is 298 g/mol. The van der Waals surface area contributed by atoms with Gasteiger partial charge >= 0.3 is 0 Å². The molecule has 0 bridgehead atoms. The molecule has 1 aliphatic carbocycles. The van der Waals surface area contributed by atoms with Crippen molar-refractivity contribution in [2.45, 2.75) is 32.1 Å². The fourth-order valence-corrected chi connectivity index (χ4v) is 4.21. The van der Waals surface area contributed by atoms with Crippen molar-refractivity contribution in [2.24, 2.45) is 5.92 Å². The molecular formula is C14H22N2O3S. The molecule has 0 unspecified atom stereocenters. The van der Waals surface area contributed by atoms with Gasteiger partial charge in [0.1, 0.15) is 5.75 Å². The van der Waals surface area contributed by atoms with E-state index in [2.05, 4.69) is 4.72 Å². The van der Waals surface area contributed by atoms with Crippen LogP contribution < -0.4 is 15.2 Å². The zero-order valence-electron chi connectivity index (χ0n) is 11.8. The lowest BCUT2D eigenvalue weighted by Crippen LogP contribution is -2.24. The summed E-state index contributed by atoms with van der Waals surface area (Å²) in [7, 11) is -1.86. The van der Waals surface area contributed by atoms with Crippen molar-refractivity contribution in [3.05, 3.63) is 18.2 Å². The molecule has 1 aliphatic rings. The Labute approximate surface area is 120 Å². The van der Waals surface area contributed by atoms with E-state index >= 15 is 0 Å². The summed E-state index contributed by atoms with van der Waals surface area (Å²) in [6, 6.07) is 4.92. The van der Waals surface area contributed by atoms with Gasteiger partial charge in [-0.3, -0.25) is 4.72 Å². The maximum absolute atomic E-state index is 12.2. The SMILES string of the molecule is COc1ccc(N)cc1NS(=O)(=O)CC1CCCCC1. The van der Waals surface area contributed by atoms with E-state index in [1.54, 1.807) is 18.2 Å². The fourth-order valence-electron chi connectivity index (χ4n) is 2.68. The lowest BCUT2D eigenvalue weighted by molar-refractivity contribution is 0.385. The minimum absolute atomic E-state index is 0.172. The molecule has 112 valence electrons. The van der Waals surface area contributed by atoms with Gasteiger partial charge in [0.2, 0.25) is 10.0 Å². The van der Waals surface area contributed by atoms with Crippen LogP contribution in [0.3, 0.4) is 0 Å². The van der Waals surface area contributed by atoms with Crippen LogP contribution in [0.25, 0.3) is 0 Å². The van der Waals surface area contributed by atoms with E-state index in [9.17, 15) is 8.42 Å². The third kappa shape index (κ3) is 4.03. The molecule has 1 aromatic carbocycles. The van der Waals surface area contributed by atoms with Gasteiger partial charge in [-0.25, -0.2) is 8.42 Å². The Morgan fingerprint density at radius 2 is 2.00 bits per heavy atom. The number of hydrogen-bond donors (Lipinski definition) is 2. The van der Waals surface area contributed by atoms with Crippen molar-refractivity contribution in [3.63, 3.8) is 0 Å². The van der Waals surface area contributed by atoms with Gasteiger partial charge in [-0.2, -0.15) is 0 Å². The summed E-state index contributed by atoms with van der Waals surface area (Å²) in [5, 5.41) is 0. The van der Waals surface area contributed by atoms with Gasteiger partial charge in [0.15, 0.2) is 0 Å². The van der Waals surface area contributed by atoms with Crippen LogP contribution in [-0.2, 0) is 10.0 Å². The number of rotatable bonds is 5. The number of sulfonamides is 1. The predicted octanol–water partition coefficient (Wildman–Crippen LogP) is 2.60.